The molecule has 0 saturated carbocycles. The number of hydrogen-bond donors (Lipinski definition) is 1. The predicted octanol–water partition coefficient (Wildman–Crippen LogP) is 3.60. The van der Waals surface area contributed by atoms with Gasteiger partial charge in [-0.2, -0.15) is 0 Å². The Morgan fingerprint density at radius 2 is 1.96 bits per heavy atom. The van der Waals surface area contributed by atoms with Gasteiger partial charge < -0.3 is 14.3 Å². The van der Waals surface area contributed by atoms with E-state index in [2.05, 4.69) is 10.5 Å². The van der Waals surface area contributed by atoms with Crippen LogP contribution in [0.1, 0.15) is 40.7 Å². The molecule has 0 aliphatic rings. The fourth-order valence-electron chi connectivity index (χ4n) is 2.57. The summed E-state index contributed by atoms with van der Waals surface area (Å²) in [6.45, 7) is 5.69. The molecule has 2 aromatic heterocycles. The molecule has 1 N–H and O–H groups in total. The highest BCUT2D eigenvalue weighted by Crippen LogP contribution is 2.25. The molecule has 0 spiro atoms. The highest BCUT2D eigenvalue weighted by atomic mass is 16.5. The van der Waals surface area contributed by atoms with Crippen LogP contribution >= 0.6 is 0 Å². The van der Waals surface area contributed by atoms with E-state index in [0.717, 1.165) is 29.4 Å². The fourth-order valence-corrected chi connectivity index (χ4v) is 2.57. The number of carbonyl (C=O) groups excluding carboxylic acids is 1. The zero-order valence-corrected chi connectivity index (χ0v) is 13.8. The number of rotatable bonds is 4. The molecular weight excluding hydrogens is 308 g/mol. The number of fused-ring (bicyclic) bond motifs is 1. The lowest BCUT2D eigenvalue weighted by molar-refractivity contribution is 0.101. The van der Waals surface area contributed by atoms with Gasteiger partial charge in [-0.15, -0.1) is 0 Å². The van der Waals surface area contributed by atoms with Gasteiger partial charge in [-0.05, 0) is 43.5 Å². The van der Waals surface area contributed by atoms with E-state index in [4.69, 9.17) is 8.94 Å². The molecule has 1 amide bonds. The number of aromatic nitrogens is 1. The summed E-state index contributed by atoms with van der Waals surface area (Å²) >= 11 is 0. The van der Waals surface area contributed by atoms with E-state index >= 15 is 0 Å². The second-order valence-corrected chi connectivity index (χ2v) is 5.79. The van der Waals surface area contributed by atoms with Crippen LogP contribution < -0.4 is 10.9 Å². The lowest BCUT2D eigenvalue weighted by atomic mass is 10.1. The number of carbonyl (C=O) groups is 1. The third kappa shape index (κ3) is 3.08. The van der Waals surface area contributed by atoms with Crippen molar-refractivity contribution in [1.29, 1.82) is 0 Å². The normalized spacial score (nSPS) is 11.0. The smallest absolute Gasteiger partial charge is 0.336 e. The van der Waals surface area contributed by atoms with Crippen molar-refractivity contribution in [3.8, 4) is 0 Å². The van der Waals surface area contributed by atoms with E-state index in [1.807, 2.05) is 20.8 Å². The zero-order valence-electron chi connectivity index (χ0n) is 13.8. The van der Waals surface area contributed by atoms with Crippen molar-refractivity contribution in [2.24, 2.45) is 0 Å². The topological polar surface area (TPSA) is 85.3 Å². The third-order valence-corrected chi connectivity index (χ3v) is 3.83. The van der Waals surface area contributed by atoms with Crippen LogP contribution in [0.25, 0.3) is 11.0 Å². The van der Waals surface area contributed by atoms with Gasteiger partial charge in [-0.25, -0.2) is 4.79 Å². The lowest BCUT2D eigenvalue weighted by Crippen LogP contribution is -2.13. The van der Waals surface area contributed by atoms with Gasteiger partial charge in [0.05, 0.1) is 0 Å². The summed E-state index contributed by atoms with van der Waals surface area (Å²) in [5.41, 5.74) is 2.59. The molecule has 3 rings (SSSR count). The van der Waals surface area contributed by atoms with Crippen molar-refractivity contribution in [1.82, 2.24) is 5.16 Å². The van der Waals surface area contributed by atoms with Crippen molar-refractivity contribution >= 4 is 22.6 Å². The molecule has 6 heteroatoms. The van der Waals surface area contributed by atoms with E-state index < -0.39 is 0 Å². The second-order valence-electron chi connectivity index (χ2n) is 5.79. The highest BCUT2D eigenvalue weighted by molar-refractivity contribution is 6.04. The first-order valence-corrected chi connectivity index (χ1v) is 7.80. The lowest BCUT2D eigenvalue weighted by Gasteiger charge is -2.09. The van der Waals surface area contributed by atoms with Crippen LogP contribution in [0.2, 0.25) is 0 Å². The van der Waals surface area contributed by atoms with Gasteiger partial charge in [0.15, 0.2) is 5.69 Å². The molecule has 3 aromatic rings. The Morgan fingerprint density at radius 3 is 2.71 bits per heavy atom. The largest absolute Gasteiger partial charge is 0.423 e. The van der Waals surface area contributed by atoms with Crippen molar-refractivity contribution in [3.63, 3.8) is 0 Å². The first kappa shape index (κ1) is 16.0. The maximum absolute atomic E-state index is 12.4. The third-order valence-electron chi connectivity index (χ3n) is 3.83. The van der Waals surface area contributed by atoms with Gasteiger partial charge >= 0.3 is 5.63 Å². The van der Waals surface area contributed by atoms with Gasteiger partial charge in [0.2, 0.25) is 0 Å². The molecule has 0 atom stereocenters. The summed E-state index contributed by atoms with van der Waals surface area (Å²) in [7, 11) is 0. The van der Waals surface area contributed by atoms with Crippen molar-refractivity contribution in [2.75, 3.05) is 5.32 Å². The molecule has 0 radical (unpaired) electrons. The molecule has 0 aliphatic heterocycles. The quantitative estimate of drug-likeness (QED) is 0.740. The first-order valence-electron chi connectivity index (χ1n) is 7.80. The van der Waals surface area contributed by atoms with Gasteiger partial charge in [0.25, 0.3) is 5.91 Å². The average molecular weight is 326 g/mol. The summed E-state index contributed by atoms with van der Waals surface area (Å²) in [5, 5.41) is 7.42. The minimum absolute atomic E-state index is 0.245. The van der Waals surface area contributed by atoms with Crippen molar-refractivity contribution in [2.45, 2.75) is 33.6 Å². The Bertz CT molecular complexity index is 969. The second kappa shape index (κ2) is 6.31. The summed E-state index contributed by atoms with van der Waals surface area (Å²) in [4.78, 5) is 23.8. The van der Waals surface area contributed by atoms with E-state index in [0.29, 0.717) is 17.0 Å². The SMILES string of the molecule is CCCc1cc(C(=O)Nc2cc3c(C)cc(=O)oc3cc2C)no1. The van der Waals surface area contributed by atoms with E-state index in [1.165, 1.54) is 6.07 Å². The van der Waals surface area contributed by atoms with E-state index in [1.54, 1.807) is 18.2 Å². The van der Waals surface area contributed by atoms with Gasteiger partial charge in [-0.1, -0.05) is 12.1 Å². The van der Waals surface area contributed by atoms with Crippen molar-refractivity contribution < 1.29 is 13.7 Å². The van der Waals surface area contributed by atoms with Crippen LogP contribution in [-0.4, -0.2) is 11.1 Å². The van der Waals surface area contributed by atoms with Gasteiger partial charge in [0.1, 0.15) is 11.3 Å². The maximum atomic E-state index is 12.4. The minimum atomic E-state index is -0.387. The maximum Gasteiger partial charge on any atom is 0.336 e. The molecule has 2 heterocycles. The minimum Gasteiger partial charge on any atom is -0.423 e. The molecule has 0 aliphatic carbocycles. The van der Waals surface area contributed by atoms with E-state index in [9.17, 15) is 9.59 Å². The molecule has 1 aromatic carbocycles. The molecule has 0 fully saturated rings. The molecule has 0 bridgehead atoms. The number of nitrogens with one attached hydrogen (secondary N) is 1. The number of hydrogen-bond acceptors (Lipinski definition) is 5. The predicted molar refractivity (Wildman–Crippen MR) is 90.4 cm³/mol. The monoisotopic (exact) mass is 326 g/mol. The number of amides is 1. The number of aryl methyl sites for hydroxylation is 3. The number of nitrogens with zero attached hydrogens (tertiary/aromatic N) is 1. The summed E-state index contributed by atoms with van der Waals surface area (Å²) in [6, 6.07) is 6.62. The molecule has 0 unspecified atom stereocenters. The Kier molecular flexibility index (Phi) is 4.20. The van der Waals surface area contributed by atoms with Crippen LogP contribution in [0, 0.1) is 13.8 Å². The molecule has 124 valence electrons. The van der Waals surface area contributed by atoms with Crippen LogP contribution in [0.5, 0.6) is 0 Å². The number of benzene rings is 1. The Labute approximate surface area is 138 Å². The van der Waals surface area contributed by atoms with Crippen LogP contribution in [0.15, 0.2) is 38.0 Å². The average Bonchev–Trinajstić information content (AvgIpc) is 2.97. The van der Waals surface area contributed by atoms with Crippen LogP contribution in [0.4, 0.5) is 5.69 Å². The standard InChI is InChI=1S/C18H18N2O4/c1-4-5-12-8-15(20-24-12)18(22)19-14-9-13-10(2)7-17(21)23-16(13)6-11(14)3/h6-9H,4-5H2,1-3H3,(H,19,22). The fraction of sp³-hybridized carbons (Fsp3) is 0.278. The Hall–Kier alpha value is -2.89. The highest BCUT2D eigenvalue weighted by Gasteiger charge is 2.15. The molecule has 24 heavy (non-hydrogen) atoms. The summed E-state index contributed by atoms with van der Waals surface area (Å²) < 4.78 is 10.3. The van der Waals surface area contributed by atoms with Gasteiger partial charge in [-0.3, -0.25) is 4.79 Å². The van der Waals surface area contributed by atoms with Crippen molar-refractivity contribution in [3.05, 3.63) is 57.3 Å². The van der Waals surface area contributed by atoms with E-state index in [-0.39, 0.29) is 17.2 Å². The van der Waals surface area contributed by atoms with Crippen LogP contribution in [0.3, 0.4) is 0 Å². The molecular formula is C18H18N2O4. The Morgan fingerprint density at radius 1 is 1.17 bits per heavy atom. The van der Waals surface area contributed by atoms with Gasteiger partial charge in [0, 0.05) is 29.6 Å². The summed E-state index contributed by atoms with van der Waals surface area (Å²) in [5.74, 6) is 0.356. The van der Waals surface area contributed by atoms with Crippen LogP contribution in [-0.2, 0) is 6.42 Å². The zero-order chi connectivity index (χ0) is 17.3. The Balaban J connectivity index is 1.92. The number of anilines is 1. The molecule has 0 saturated heterocycles. The summed E-state index contributed by atoms with van der Waals surface area (Å²) in [6.07, 6.45) is 1.66. The molecule has 6 nitrogen and oxygen atoms in total. The first-order chi connectivity index (χ1) is 11.5.